The second-order valence-corrected chi connectivity index (χ2v) is 5.65. The van der Waals surface area contributed by atoms with E-state index in [0.717, 1.165) is 31.1 Å². The molecule has 1 aliphatic heterocycles. The van der Waals surface area contributed by atoms with Crippen LogP contribution in [-0.2, 0) is 6.42 Å². The Balaban J connectivity index is 1.86. The maximum atomic E-state index is 12.3. The molecule has 0 aromatic carbocycles. The number of amides is 1. The number of aromatic nitrogens is 1. The van der Waals surface area contributed by atoms with E-state index in [2.05, 4.69) is 16.0 Å². The van der Waals surface area contributed by atoms with Gasteiger partial charge in [0.1, 0.15) is 5.69 Å². The molecule has 1 fully saturated rings. The van der Waals surface area contributed by atoms with Gasteiger partial charge in [0, 0.05) is 50.9 Å². The highest BCUT2D eigenvalue weighted by atomic mass is 32.1. The summed E-state index contributed by atoms with van der Waals surface area (Å²) in [5, 5.41) is 11.3. The molecule has 0 aliphatic carbocycles. The molecule has 1 aliphatic rings. The van der Waals surface area contributed by atoms with Crippen molar-refractivity contribution in [1.29, 1.82) is 5.26 Å². The minimum atomic E-state index is 0.00412. The summed E-state index contributed by atoms with van der Waals surface area (Å²) in [5.74, 6) is 0.00412. The van der Waals surface area contributed by atoms with Crippen molar-refractivity contribution in [3.63, 3.8) is 0 Å². The summed E-state index contributed by atoms with van der Waals surface area (Å²) >= 11 is 1.49. The normalized spacial score (nSPS) is 16.1. The topological polar surface area (TPSA) is 86.2 Å². The van der Waals surface area contributed by atoms with Crippen LogP contribution in [0.25, 0.3) is 0 Å². The van der Waals surface area contributed by atoms with E-state index in [9.17, 15) is 4.79 Å². The van der Waals surface area contributed by atoms with Crippen LogP contribution in [0.4, 0.5) is 0 Å². The van der Waals surface area contributed by atoms with Crippen molar-refractivity contribution in [2.45, 2.75) is 12.8 Å². The van der Waals surface area contributed by atoms with Gasteiger partial charge < -0.3 is 10.6 Å². The zero-order valence-electron chi connectivity index (χ0n) is 11.4. The molecule has 20 heavy (non-hydrogen) atoms. The second kappa shape index (κ2) is 7.33. The first kappa shape index (κ1) is 14.9. The number of piperazine rings is 1. The third kappa shape index (κ3) is 3.76. The predicted molar refractivity (Wildman–Crippen MR) is 77.4 cm³/mol. The summed E-state index contributed by atoms with van der Waals surface area (Å²) in [5.41, 5.74) is 6.02. The molecule has 7 heteroatoms. The molecule has 0 radical (unpaired) electrons. The molecule has 0 bridgehead atoms. The number of rotatable bonds is 5. The monoisotopic (exact) mass is 293 g/mol. The molecule has 0 saturated carbocycles. The molecule has 2 heterocycles. The number of carbonyl (C=O) groups excluding carboxylic acids is 1. The van der Waals surface area contributed by atoms with Crippen molar-refractivity contribution in [2.75, 3.05) is 39.3 Å². The van der Waals surface area contributed by atoms with E-state index in [1.54, 1.807) is 0 Å². The van der Waals surface area contributed by atoms with Crippen molar-refractivity contribution in [2.24, 2.45) is 5.73 Å². The smallest absolute Gasteiger partial charge is 0.273 e. The molecular formula is C13H19N5OS. The first-order valence-electron chi connectivity index (χ1n) is 6.77. The summed E-state index contributed by atoms with van der Waals surface area (Å²) in [4.78, 5) is 20.7. The molecule has 0 atom stereocenters. The minimum absolute atomic E-state index is 0.00412. The Hall–Kier alpha value is -1.49. The van der Waals surface area contributed by atoms with Crippen LogP contribution in [0.2, 0.25) is 0 Å². The molecule has 2 N–H and O–H groups in total. The van der Waals surface area contributed by atoms with Gasteiger partial charge in [0.05, 0.1) is 11.1 Å². The molecule has 1 saturated heterocycles. The number of nitriles is 1. The summed E-state index contributed by atoms with van der Waals surface area (Å²) in [7, 11) is 0. The van der Waals surface area contributed by atoms with Crippen molar-refractivity contribution < 1.29 is 4.79 Å². The van der Waals surface area contributed by atoms with Crippen molar-refractivity contribution in [3.05, 3.63) is 16.1 Å². The number of carbonyl (C=O) groups is 1. The van der Waals surface area contributed by atoms with Crippen LogP contribution < -0.4 is 5.73 Å². The first-order chi connectivity index (χ1) is 9.74. The zero-order valence-corrected chi connectivity index (χ0v) is 12.2. The highest BCUT2D eigenvalue weighted by molar-refractivity contribution is 7.09. The third-order valence-corrected chi connectivity index (χ3v) is 4.24. The van der Waals surface area contributed by atoms with E-state index in [1.165, 1.54) is 11.3 Å². The molecule has 1 amide bonds. The van der Waals surface area contributed by atoms with Crippen LogP contribution in [0.3, 0.4) is 0 Å². The van der Waals surface area contributed by atoms with E-state index < -0.39 is 0 Å². The lowest BCUT2D eigenvalue weighted by Gasteiger charge is -2.33. The number of hydrogen-bond donors (Lipinski definition) is 1. The van der Waals surface area contributed by atoms with Gasteiger partial charge in [0.15, 0.2) is 0 Å². The van der Waals surface area contributed by atoms with Crippen LogP contribution in [0, 0.1) is 11.3 Å². The van der Waals surface area contributed by atoms with Gasteiger partial charge in [-0.2, -0.15) is 5.26 Å². The van der Waals surface area contributed by atoms with Crippen LogP contribution in [0.1, 0.15) is 21.9 Å². The Morgan fingerprint density at radius 2 is 2.20 bits per heavy atom. The van der Waals surface area contributed by atoms with Crippen molar-refractivity contribution in [1.82, 2.24) is 14.8 Å². The average molecular weight is 293 g/mol. The fourth-order valence-corrected chi connectivity index (χ4v) is 2.98. The molecule has 0 spiro atoms. The Morgan fingerprint density at radius 3 is 2.85 bits per heavy atom. The number of nitrogens with two attached hydrogens (primary N) is 1. The lowest BCUT2D eigenvalue weighted by atomic mass is 10.2. The molecule has 108 valence electrons. The standard InChI is InChI=1S/C13H19N5OS/c14-3-1-5-17-6-8-18(9-7-17)13(19)11-10-20-12(16-11)2-4-15/h10H,1-2,4-9,15H2. The predicted octanol–water partition coefficient (Wildman–Crippen LogP) is 0.316. The van der Waals surface area contributed by atoms with Crippen LogP contribution in [0.5, 0.6) is 0 Å². The van der Waals surface area contributed by atoms with Gasteiger partial charge in [-0.15, -0.1) is 11.3 Å². The number of thiazole rings is 1. The van der Waals surface area contributed by atoms with E-state index >= 15 is 0 Å². The minimum Gasteiger partial charge on any atom is -0.335 e. The zero-order chi connectivity index (χ0) is 14.4. The third-order valence-electron chi connectivity index (χ3n) is 3.33. The lowest BCUT2D eigenvalue weighted by molar-refractivity contribution is 0.0634. The summed E-state index contributed by atoms with van der Waals surface area (Å²) in [6, 6.07) is 2.15. The van der Waals surface area contributed by atoms with Gasteiger partial charge in [0.25, 0.3) is 5.91 Å². The Kier molecular flexibility index (Phi) is 5.47. The van der Waals surface area contributed by atoms with Gasteiger partial charge in [-0.05, 0) is 6.54 Å². The quantitative estimate of drug-likeness (QED) is 0.844. The Labute approximate surface area is 122 Å². The average Bonchev–Trinajstić information content (AvgIpc) is 2.94. The van der Waals surface area contributed by atoms with Gasteiger partial charge in [-0.3, -0.25) is 9.69 Å². The summed E-state index contributed by atoms with van der Waals surface area (Å²) in [6.45, 7) is 4.40. The Bertz CT molecular complexity index is 487. The van der Waals surface area contributed by atoms with E-state index in [1.807, 2.05) is 10.3 Å². The maximum Gasteiger partial charge on any atom is 0.273 e. The van der Waals surface area contributed by atoms with Gasteiger partial charge in [-0.25, -0.2) is 4.98 Å². The SMILES string of the molecule is N#CCCN1CCN(C(=O)c2csc(CCN)n2)CC1. The van der Waals surface area contributed by atoms with E-state index in [0.29, 0.717) is 31.7 Å². The van der Waals surface area contributed by atoms with E-state index in [4.69, 9.17) is 11.0 Å². The second-order valence-electron chi connectivity index (χ2n) is 4.71. The van der Waals surface area contributed by atoms with Crippen LogP contribution in [0.15, 0.2) is 5.38 Å². The largest absolute Gasteiger partial charge is 0.335 e. The van der Waals surface area contributed by atoms with Crippen molar-refractivity contribution in [3.8, 4) is 6.07 Å². The van der Waals surface area contributed by atoms with Crippen molar-refractivity contribution >= 4 is 17.2 Å². The highest BCUT2D eigenvalue weighted by Crippen LogP contribution is 2.13. The van der Waals surface area contributed by atoms with Gasteiger partial charge in [0.2, 0.25) is 0 Å². The molecular weight excluding hydrogens is 274 g/mol. The van der Waals surface area contributed by atoms with Crippen LogP contribution >= 0.6 is 11.3 Å². The molecule has 6 nitrogen and oxygen atoms in total. The van der Waals surface area contributed by atoms with E-state index in [-0.39, 0.29) is 5.91 Å². The lowest BCUT2D eigenvalue weighted by Crippen LogP contribution is -2.48. The summed E-state index contributed by atoms with van der Waals surface area (Å²) < 4.78 is 0. The number of hydrogen-bond acceptors (Lipinski definition) is 6. The fraction of sp³-hybridized carbons (Fsp3) is 0.615. The first-order valence-corrected chi connectivity index (χ1v) is 7.65. The molecule has 1 aromatic heterocycles. The summed E-state index contributed by atoms with van der Waals surface area (Å²) in [6.07, 6.45) is 1.27. The van der Waals surface area contributed by atoms with Gasteiger partial charge >= 0.3 is 0 Å². The van der Waals surface area contributed by atoms with Gasteiger partial charge in [-0.1, -0.05) is 0 Å². The molecule has 0 unspecified atom stereocenters. The maximum absolute atomic E-state index is 12.3. The fourth-order valence-electron chi connectivity index (χ4n) is 2.19. The number of nitrogens with zero attached hydrogens (tertiary/aromatic N) is 4. The molecule has 1 aromatic rings. The highest BCUT2D eigenvalue weighted by Gasteiger charge is 2.23. The molecule has 2 rings (SSSR count). The van der Waals surface area contributed by atoms with Crippen LogP contribution in [-0.4, -0.2) is 60.0 Å². The Morgan fingerprint density at radius 1 is 1.45 bits per heavy atom.